The van der Waals surface area contributed by atoms with Crippen molar-refractivity contribution in [2.24, 2.45) is 0 Å². The molecule has 0 saturated carbocycles. The third-order valence-electron chi connectivity index (χ3n) is 3.35. The van der Waals surface area contributed by atoms with E-state index in [-0.39, 0.29) is 11.8 Å². The minimum absolute atomic E-state index is 0.267. The summed E-state index contributed by atoms with van der Waals surface area (Å²) in [6.07, 6.45) is 3.30. The minimum Gasteiger partial charge on any atom is -0.508 e. The Morgan fingerprint density at radius 1 is 1.19 bits per heavy atom. The van der Waals surface area contributed by atoms with Crippen LogP contribution in [-0.4, -0.2) is 24.6 Å². The molecule has 3 rings (SSSR count). The van der Waals surface area contributed by atoms with Gasteiger partial charge in [0.2, 0.25) is 0 Å². The van der Waals surface area contributed by atoms with Gasteiger partial charge in [-0.1, -0.05) is 18.2 Å². The molecular formula is C15H17N5O. The highest BCUT2D eigenvalue weighted by Crippen LogP contribution is 2.22. The number of aromatic nitrogens is 4. The Balaban J connectivity index is 1.89. The molecule has 0 unspecified atom stereocenters. The fourth-order valence-electron chi connectivity index (χ4n) is 2.20. The number of fused-ring (bicyclic) bond motifs is 1. The van der Waals surface area contributed by atoms with Gasteiger partial charge >= 0.3 is 0 Å². The van der Waals surface area contributed by atoms with E-state index in [4.69, 9.17) is 0 Å². The molecule has 0 radical (unpaired) electrons. The van der Waals surface area contributed by atoms with Gasteiger partial charge in [-0.3, -0.25) is 0 Å². The second-order valence-electron chi connectivity index (χ2n) is 5.12. The third-order valence-corrected chi connectivity index (χ3v) is 3.35. The Bertz CT molecular complexity index is 766. The smallest absolute Gasteiger partial charge is 0.165 e. The van der Waals surface area contributed by atoms with Gasteiger partial charge < -0.3 is 15.0 Å². The first-order chi connectivity index (χ1) is 10.2. The van der Waals surface area contributed by atoms with Crippen LogP contribution in [0.25, 0.3) is 11.2 Å². The summed E-state index contributed by atoms with van der Waals surface area (Å²) in [5, 5.41) is 13.0. The van der Waals surface area contributed by atoms with Gasteiger partial charge in [0.25, 0.3) is 0 Å². The average Bonchev–Trinajstić information content (AvgIpc) is 2.91. The second kappa shape index (κ2) is 5.40. The number of hydrogen-bond donors (Lipinski definition) is 2. The largest absolute Gasteiger partial charge is 0.508 e. The highest BCUT2D eigenvalue weighted by Gasteiger charge is 2.11. The van der Waals surface area contributed by atoms with E-state index < -0.39 is 0 Å². The zero-order valence-electron chi connectivity index (χ0n) is 12.0. The van der Waals surface area contributed by atoms with Crippen molar-refractivity contribution < 1.29 is 5.11 Å². The number of phenolic OH excluding ortho intramolecular Hbond substituents is 1. The maximum absolute atomic E-state index is 9.79. The number of nitrogens with zero attached hydrogens (tertiary/aromatic N) is 4. The molecule has 0 aliphatic carbocycles. The number of imidazole rings is 1. The van der Waals surface area contributed by atoms with Crippen molar-refractivity contribution in [1.29, 1.82) is 0 Å². The lowest BCUT2D eigenvalue weighted by Gasteiger charge is -2.09. The molecule has 6 nitrogen and oxygen atoms in total. The summed E-state index contributed by atoms with van der Waals surface area (Å²) in [5.74, 6) is 0.936. The first-order valence-corrected chi connectivity index (χ1v) is 6.85. The molecule has 6 heteroatoms. The van der Waals surface area contributed by atoms with Gasteiger partial charge in [0.1, 0.15) is 17.6 Å². The van der Waals surface area contributed by atoms with E-state index in [2.05, 4.69) is 34.1 Å². The highest BCUT2D eigenvalue weighted by molar-refractivity contribution is 5.82. The van der Waals surface area contributed by atoms with Crippen molar-refractivity contribution in [3.8, 4) is 5.75 Å². The average molecular weight is 283 g/mol. The van der Waals surface area contributed by atoms with Crippen molar-refractivity contribution in [3.63, 3.8) is 0 Å². The van der Waals surface area contributed by atoms with Crippen molar-refractivity contribution in [2.75, 3.05) is 5.32 Å². The molecule has 0 amide bonds. The van der Waals surface area contributed by atoms with E-state index in [0.29, 0.717) is 12.4 Å². The van der Waals surface area contributed by atoms with Crippen LogP contribution in [0.1, 0.15) is 25.5 Å². The molecule has 0 aliphatic rings. The van der Waals surface area contributed by atoms with Crippen molar-refractivity contribution in [2.45, 2.75) is 26.4 Å². The van der Waals surface area contributed by atoms with Gasteiger partial charge in [0, 0.05) is 18.2 Å². The van der Waals surface area contributed by atoms with Gasteiger partial charge in [0.05, 0.1) is 6.33 Å². The minimum atomic E-state index is 0.267. The highest BCUT2D eigenvalue weighted by atomic mass is 16.3. The molecule has 0 aliphatic heterocycles. The Morgan fingerprint density at radius 2 is 2.00 bits per heavy atom. The lowest BCUT2D eigenvalue weighted by atomic mass is 10.2. The normalized spacial score (nSPS) is 11.2. The van der Waals surface area contributed by atoms with Crippen LogP contribution in [0.4, 0.5) is 5.82 Å². The number of hydrogen-bond acceptors (Lipinski definition) is 5. The topological polar surface area (TPSA) is 75.9 Å². The molecule has 21 heavy (non-hydrogen) atoms. The summed E-state index contributed by atoms with van der Waals surface area (Å²) >= 11 is 0. The van der Waals surface area contributed by atoms with Gasteiger partial charge in [-0.15, -0.1) is 0 Å². The van der Waals surface area contributed by atoms with Crippen LogP contribution in [0.3, 0.4) is 0 Å². The number of phenols is 1. The molecule has 2 N–H and O–H groups in total. The Hall–Kier alpha value is -2.63. The number of nitrogens with one attached hydrogen (secondary N) is 1. The van der Waals surface area contributed by atoms with Gasteiger partial charge in [-0.2, -0.15) is 0 Å². The van der Waals surface area contributed by atoms with Crippen LogP contribution in [-0.2, 0) is 6.54 Å². The van der Waals surface area contributed by atoms with Crippen LogP contribution in [0, 0.1) is 0 Å². The number of rotatable bonds is 4. The van der Waals surface area contributed by atoms with Crippen LogP contribution in [0.15, 0.2) is 36.9 Å². The second-order valence-corrected chi connectivity index (χ2v) is 5.12. The lowest BCUT2D eigenvalue weighted by Crippen LogP contribution is -2.04. The van der Waals surface area contributed by atoms with Crippen LogP contribution >= 0.6 is 0 Å². The van der Waals surface area contributed by atoms with Gasteiger partial charge in [-0.25, -0.2) is 15.0 Å². The lowest BCUT2D eigenvalue weighted by molar-refractivity contribution is 0.469. The Morgan fingerprint density at radius 3 is 2.76 bits per heavy atom. The van der Waals surface area contributed by atoms with Crippen LogP contribution in [0.5, 0.6) is 5.75 Å². The van der Waals surface area contributed by atoms with Gasteiger partial charge in [0.15, 0.2) is 11.5 Å². The van der Waals surface area contributed by atoms with E-state index in [1.165, 1.54) is 6.33 Å². The first-order valence-electron chi connectivity index (χ1n) is 6.85. The molecule has 2 aromatic heterocycles. The van der Waals surface area contributed by atoms with Crippen molar-refractivity contribution in [3.05, 3.63) is 42.5 Å². The van der Waals surface area contributed by atoms with Crippen molar-refractivity contribution >= 4 is 17.0 Å². The molecule has 108 valence electrons. The number of para-hydroxylation sites is 1. The fourth-order valence-corrected chi connectivity index (χ4v) is 2.20. The van der Waals surface area contributed by atoms with Gasteiger partial charge in [-0.05, 0) is 19.9 Å². The van der Waals surface area contributed by atoms with Crippen molar-refractivity contribution in [1.82, 2.24) is 19.5 Å². The molecule has 3 aromatic rings. The summed E-state index contributed by atoms with van der Waals surface area (Å²) in [4.78, 5) is 12.9. The number of aromatic hydroxyl groups is 1. The molecular weight excluding hydrogens is 266 g/mol. The molecule has 0 spiro atoms. The number of benzene rings is 1. The summed E-state index contributed by atoms with van der Waals surface area (Å²) in [6, 6.07) is 7.51. The zero-order valence-corrected chi connectivity index (χ0v) is 12.0. The quantitative estimate of drug-likeness (QED) is 0.770. The number of anilines is 1. The summed E-state index contributed by atoms with van der Waals surface area (Å²) in [5.41, 5.74) is 2.36. The molecule has 0 fully saturated rings. The maximum atomic E-state index is 9.79. The van der Waals surface area contributed by atoms with Crippen LogP contribution < -0.4 is 5.32 Å². The summed E-state index contributed by atoms with van der Waals surface area (Å²) in [7, 11) is 0. The molecule has 0 bridgehead atoms. The van der Waals surface area contributed by atoms with E-state index in [0.717, 1.165) is 16.7 Å². The SMILES string of the molecule is CC(C)n1cnc2c(NCc3ccccc3O)ncnc21. The monoisotopic (exact) mass is 283 g/mol. The third kappa shape index (κ3) is 2.52. The molecule has 0 saturated heterocycles. The molecule has 2 heterocycles. The van der Waals surface area contributed by atoms with E-state index >= 15 is 0 Å². The molecule has 1 aromatic carbocycles. The zero-order chi connectivity index (χ0) is 14.8. The van der Waals surface area contributed by atoms with E-state index in [1.54, 1.807) is 18.5 Å². The standard InChI is InChI=1S/C15H17N5O/c1-10(2)20-9-19-13-14(17-8-18-15(13)20)16-7-11-5-3-4-6-12(11)21/h3-6,8-10,21H,7H2,1-2H3,(H,16,17,18). The Kier molecular flexibility index (Phi) is 3.43. The maximum Gasteiger partial charge on any atom is 0.165 e. The predicted octanol–water partition coefficient (Wildman–Crippen LogP) is 2.72. The molecule has 0 atom stereocenters. The van der Waals surface area contributed by atoms with E-state index in [9.17, 15) is 5.11 Å². The Labute approximate surface area is 122 Å². The first kappa shape index (κ1) is 13.4. The summed E-state index contributed by atoms with van der Waals surface area (Å²) in [6.45, 7) is 4.64. The van der Waals surface area contributed by atoms with Crippen LogP contribution in [0.2, 0.25) is 0 Å². The summed E-state index contributed by atoms with van der Waals surface area (Å²) < 4.78 is 2.00. The van der Waals surface area contributed by atoms with E-state index in [1.807, 2.05) is 16.7 Å². The fraction of sp³-hybridized carbons (Fsp3) is 0.267. The predicted molar refractivity (Wildman–Crippen MR) is 81.1 cm³/mol.